The van der Waals surface area contributed by atoms with Crippen LogP contribution < -0.4 is 0 Å². The first-order chi connectivity index (χ1) is 8.72. The molecule has 19 heavy (non-hydrogen) atoms. The van der Waals surface area contributed by atoms with E-state index in [1.807, 2.05) is 0 Å². The van der Waals surface area contributed by atoms with Crippen LogP contribution in [0.3, 0.4) is 0 Å². The van der Waals surface area contributed by atoms with E-state index >= 15 is 0 Å². The molecule has 0 amide bonds. The van der Waals surface area contributed by atoms with Crippen LogP contribution in [-0.2, 0) is 28.0 Å². The maximum absolute atomic E-state index is 11.2. The molecule has 0 fully saturated rings. The van der Waals surface area contributed by atoms with Crippen LogP contribution in [0.15, 0.2) is 12.2 Å². The summed E-state index contributed by atoms with van der Waals surface area (Å²) in [4.78, 5) is 33.4. The quantitative estimate of drug-likeness (QED) is 0.403. The molecule has 0 unspecified atom stereocenters. The molecule has 0 bridgehead atoms. The Morgan fingerprint density at radius 3 is 1.84 bits per heavy atom. The van der Waals surface area contributed by atoms with Crippen molar-refractivity contribution in [1.82, 2.24) is 0 Å². The van der Waals surface area contributed by atoms with Crippen molar-refractivity contribution in [1.29, 1.82) is 0 Å². The van der Waals surface area contributed by atoms with Crippen molar-refractivity contribution in [2.75, 3.05) is 6.61 Å². The van der Waals surface area contributed by atoms with Gasteiger partial charge in [-0.25, -0.2) is 4.79 Å². The van der Waals surface area contributed by atoms with E-state index in [2.05, 4.69) is 6.58 Å². The van der Waals surface area contributed by atoms with Crippen molar-refractivity contribution < 1.29 is 28.0 Å². The summed E-state index contributed by atoms with van der Waals surface area (Å²) in [6, 6.07) is 0.610. The van der Waals surface area contributed by atoms with Gasteiger partial charge in [0.2, 0.25) is 0 Å². The first kappa shape index (κ1) is 17.4. The van der Waals surface area contributed by atoms with E-state index < -0.39 is 26.5 Å². The Kier molecular flexibility index (Phi) is 7.06. The minimum Gasteiger partial charge on any atom is -0.485 e. The molecular weight excluding hydrogens is 268 g/mol. The van der Waals surface area contributed by atoms with E-state index in [0.29, 0.717) is 6.04 Å². The van der Waals surface area contributed by atoms with E-state index in [0.717, 1.165) is 0 Å². The average Bonchev–Trinajstić information content (AvgIpc) is 2.26. The highest BCUT2D eigenvalue weighted by molar-refractivity contribution is 6.70. The van der Waals surface area contributed by atoms with Crippen molar-refractivity contribution in [3.05, 3.63) is 12.2 Å². The molecule has 0 spiro atoms. The summed E-state index contributed by atoms with van der Waals surface area (Å²) in [6.45, 7) is 9.27. The third-order valence-electron chi connectivity index (χ3n) is 2.26. The fourth-order valence-electron chi connectivity index (χ4n) is 1.39. The molecule has 6 nitrogen and oxygen atoms in total. The zero-order valence-corrected chi connectivity index (χ0v) is 12.8. The summed E-state index contributed by atoms with van der Waals surface area (Å²) in [5.41, 5.74) is 0.281. The van der Waals surface area contributed by atoms with Crippen molar-refractivity contribution in [2.45, 2.75) is 39.8 Å². The van der Waals surface area contributed by atoms with Gasteiger partial charge in [0.25, 0.3) is 11.9 Å². The lowest BCUT2D eigenvalue weighted by Gasteiger charge is -2.27. The van der Waals surface area contributed by atoms with Gasteiger partial charge in [0.1, 0.15) is 0 Å². The molecule has 7 heteroatoms. The fourth-order valence-corrected chi connectivity index (χ4v) is 3.74. The summed E-state index contributed by atoms with van der Waals surface area (Å²) >= 11 is 0. The van der Waals surface area contributed by atoms with Crippen LogP contribution in [0.1, 0.15) is 27.7 Å². The number of ether oxygens (including phenoxy) is 1. The first-order valence-corrected chi connectivity index (χ1v) is 8.17. The number of esters is 1. The molecule has 0 aliphatic heterocycles. The number of hydrogen-bond donors (Lipinski definition) is 0. The highest BCUT2D eigenvalue weighted by atomic mass is 28.4. The lowest BCUT2D eigenvalue weighted by atomic mass is 10.4. The summed E-state index contributed by atoms with van der Waals surface area (Å²) < 4.78 is 15.3. The Morgan fingerprint density at radius 1 is 1.05 bits per heavy atom. The molecule has 0 saturated heterocycles. The minimum absolute atomic E-state index is 0.0202. The lowest BCUT2D eigenvalue weighted by Crippen LogP contribution is -2.45. The van der Waals surface area contributed by atoms with Gasteiger partial charge in [0.15, 0.2) is 0 Å². The summed E-state index contributed by atoms with van der Waals surface area (Å²) in [5.74, 6) is -1.55. The normalized spacial score (nSPS) is 10.5. The van der Waals surface area contributed by atoms with Crippen molar-refractivity contribution in [3.8, 4) is 0 Å². The van der Waals surface area contributed by atoms with Gasteiger partial charge >= 0.3 is 14.5 Å². The molecule has 0 saturated carbocycles. The van der Waals surface area contributed by atoms with Gasteiger partial charge in [-0.3, -0.25) is 9.59 Å². The number of carbonyl (C=O) groups excluding carboxylic acids is 3. The van der Waals surface area contributed by atoms with Crippen LogP contribution >= 0.6 is 0 Å². The largest absolute Gasteiger partial charge is 0.485 e. The van der Waals surface area contributed by atoms with Crippen molar-refractivity contribution >= 4 is 26.5 Å². The number of carbonyl (C=O) groups is 3. The topological polar surface area (TPSA) is 78.9 Å². The van der Waals surface area contributed by atoms with E-state index in [-0.39, 0.29) is 18.2 Å². The van der Waals surface area contributed by atoms with E-state index in [1.54, 1.807) is 6.92 Å². The molecule has 0 aromatic rings. The molecule has 0 aliphatic carbocycles. The molecule has 0 atom stereocenters. The Hall–Kier alpha value is -1.63. The maximum Gasteiger partial charge on any atom is 0.467 e. The lowest BCUT2D eigenvalue weighted by molar-refractivity contribution is -0.139. The molecule has 0 aromatic carbocycles. The standard InChI is InChI=1S/C12H20O6Si/c1-6-19(17-10(4)13,18-11(5)14)8-7-16-12(15)9(2)3/h2,6-8H2,1,3-5H3. The van der Waals surface area contributed by atoms with Gasteiger partial charge < -0.3 is 13.6 Å². The van der Waals surface area contributed by atoms with E-state index in [1.165, 1.54) is 20.8 Å². The average molecular weight is 288 g/mol. The molecule has 0 N–H and O–H groups in total. The van der Waals surface area contributed by atoms with Crippen molar-refractivity contribution in [2.24, 2.45) is 0 Å². The Bertz CT molecular complexity index is 360. The van der Waals surface area contributed by atoms with Crippen molar-refractivity contribution in [3.63, 3.8) is 0 Å². The second-order valence-corrected chi connectivity index (χ2v) is 7.55. The Labute approximate surface area is 114 Å². The monoisotopic (exact) mass is 288 g/mol. The summed E-state index contributed by atoms with van der Waals surface area (Å²) in [6.07, 6.45) is 0. The van der Waals surface area contributed by atoms with Gasteiger partial charge in [0.05, 0.1) is 6.61 Å². The van der Waals surface area contributed by atoms with Crippen LogP contribution in [0, 0.1) is 0 Å². The zero-order chi connectivity index (χ0) is 15.1. The molecule has 108 valence electrons. The van der Waals surface area contributed by atoms with Gasteiger partial charge in [-0.15, -0.1) is 0 Å². The van der Waals surface area contributed by atoms with Gasteiger partial charge in [-0.1, -0.05) is 13.5 Å². The SMILES string of the molecule is C=C(C)C(=O)OCC[Si](CC)(OC(C)=O)OC(C)=O. The molecule has 0 heterocycles. The Balaban J connectivity index is 4.65. The predicted octanol–water partition coefficient (Wildman–Crippen LogP) is 1.69. The molecule has 0 rings (SSSR count). The first-order valence-electron chi connectivity index (χ1n) is 5.94. The summed E-state index contributed by atoms with van der Waals surface area (Å²) in [7, 11) is -3.00. The smallest absolute Gasteiger partial charge is 0.467 e. The van der Waals surface area contributed by atoms with Crippen LogP contribution in [0.25, 0.3) is 0 Å². The third kappa shape index (κ3) is 6.75. The zero-order valence-electron chi connectivity index (χ0n) is 11.8. The molecule has 0 aromatic heterocycles. The maximum atomic E-state index is 11.2. The second-order valence-electron chi connectivity index (χ2n) is 4.12. The fraction of sp³-hybridized carbons (Fsp3) is 0.583. The number of hydrogen-bond acceptors (Lipinski definition) is 6. The molecular formula is C12H20O6Si. The third-order valence-corrected chi connectivity index (χ3v) is 5.62. The van der Waals surface area contributed by atoms with E-state index in [9.17, 15) is 14.4 Å². The second kappa shape index (κ2) is 7.73. The van der Waals surface area contributed by atoms with Crippen LogP contribution in [-0.4, -0.2) is 33.1 Å². The van der Waals surface area contributed by atoms with Gasteiger partial charge in [0, 0.05) is 31.5 Å². The van der Waals surface area contributed by atoms with Gasteiger partial charge in [-0.2, -0.15) is 0 Å². The highest BCUT2D eigenvalue weighted by Gasteiger charge is 2.42. The minimum atomic E-state index is -3.00. The predicted molar refractivity (Wildman–Crippen MR) is 70.3 cm³/mol. The van der Waals surface area contributed by atoms with Crippen LogP contribution in [0.4, 0.5) is 0 Å². The Morgan fingerprint density at radius 2 is 1.53 bits per heavy atom. The summed E-state index contributed by atoms with van der Waals surface area (Å²) in [5, 5.41) is 0. The highest BCUT2D eigenvalue weighted by Crippen LogP contribution is 2.20. The van der Waals surface area contributed by atoms with Crippen LogP contribution in [0.2, 0.25) is 12.1 Å². The number of rotatable bonds is 7. The molecule has 0 aliphatic rings. The van der Waals surface area contributed by atoms with Crippen LogP contribution in [0.5, 0.6) is 0 Å². The van der Waals surface area contributed by atoms with E-state index in [4.69, 9.17) is 13.6 Å². The van der Waals surface area contributed by atoms with Gasteiger partial charge in [-0.05, 0) is 6.92 Å². The molecule has 0 radical (unpaired) electrons.